The molecule has 0 aliphatic carbocycles. The number of nitrogens with zero attached hydrogens (tertiary/aromatic N) is 3. The third-order valence-corrected chi connectivity index (χ3v) is 3.40. The smallest absolute Gasteiger partial charge is 0.156 e. The van der Waals surface area contributed by atoms with E-state index in [9.17, 15) is 0 Å². The minimum Gasteiger partial charge on any atom is -0.394 e. The Balaban J connectivity index is 2.06. The Morgan fingerprint density at radius 3 is 2.50 bits per heavy atom. The second kappa shape index (κ2) is 5.46. The number of ether oxygens (including phenoxy) is 1. The lowest BCUT2D eigenvalue weighted by Gasteiger charge is -2.29. The summed E-state index contributed by atoms with van der Waals surface area (Å²) < 4.78 is 5.38. The summed E-state index contributed by atoms with van der Waals surface area (Å²) in [7, 11) is 0. The van der Waals surface area contributed by atoms with Crippen LogP contribution in [0, 0.1) is 6.92 Å². The Hall–Kier alpha value is -2.14. The van der Waals surface area contributed by atoms with E-state index in [1.165, 1.54) is 0 Å². The van der Waals surface area contributed by atoms with Gasteiger partial charge in [0.15, 0.2) is 5.82 Å². The van der Waals surface area contributed by atoms with Gasteiger partial charge >= 0.3 is 0 Å². The minimum absolute atomic E-state index is 0.642. The first-order chi connectivity index (χ1) is 9.75. The number of nitrogen functional groups attached to an aromatic ring is 1. The SMILES string of the molecule is Cc1nc(-c2ccccc2)c(N)c(N2CCOCC2)n1. The summed E-state index contributed by atoms with van der Waals surface area (Å²) in [5.74, 6) is 1.55. The number of rotatable bonds is 2. The van der Waals surface area contributed by atoms with Crippen molar-refractivity contribution in [3.05, 3.63) is 36.2 Å². The van der Waals surface area contributed by atoms with Crippen LogP contribution in [0.2, 0.25) is 0 Å². The fraction of sp³-hybridized carbons (Fsp3) is 0.333. The highest BCUT2D eigenvalue weighted by molar-refractivity contribution is 5.81. The topological polar surface area (TPSA) is 64.3 Å². The van der Waals surface area contributed by atoms with Crippen LogP contribution in [-0.2, 0) is 4.74 Å². The zero-order valence-electron chi connectivity index (χ0n) is 11.5. The normalized spacial score (nSPS) is 15.3. The monoisotopic (exact) mass is 270 g/mol. The molecule has 104 valence electrons. The maximum Gasteiger partial charge on any atom is 0.156 e. The minimum atomic E-state index is 0.642. The van der Waals surface area contributed by atoms with Gasteiger partial charge in [0.2, 0.25) is 0 Å². The van der Waals surface area contributed by atoms with Gasteiger partial charge in [-0.1, -0.05) is 30.3 Å². The molecule has 1 aliphatic heterocycles. The van der Waals surface area contributed by atoms with E-state index < -0.39 is 0 Å². The van der Waals surface area contributed by atoms with E-state index in [1.54, 1.807) is 0 Å². The number of anilines is 2. The number of hydrogen-bond donors (Lipinski definition) is 1. The van der Waals surface area contributed by atoms with Crippen molar-refractivity contribution in [3.63, 3.8) is 0 Å². The van der Waals surface area contributed by atoms with Crippen LogP contribution in [0.5, 0.6) is 0 Å². The molecule has 5 nitrogen and oxygen atoms in total. The van der Waals surface area contributed by atoms with E-state index in [2.05, 4.69) is 14.9 Å². The van der Waals surface area contributed by atoms with Gasteiger partial charge in [0, 0.05) is 18.7 Å². The van der Waals surface area contributed by atoms with E-state index in [0.29, 0.717) is 18.9 Å². The average molecular weight is 270 g/mol. The molecule has 1 aliphatic rings. The zero-order chi connectivity index (χ0) is 13.9. The second-order valence-corrected chi connectivity index (χ2v) is 4.82. The van der Waals surface area contributed by atoms with Gasteiger partial charge in [0.05, 0.1) is 18.9 Å². The number of benzene rings is 1. The largest absolute Gasteiger partial charge is 0.394 e. The van der Waals surface area contributed by atoms with Gasteiger partial charge in [-0.3, -0.25) is 0 Å². The molecule has 0 atom stereocenters. The Morgan fingerprint density at radius 1 is 1.10 bits per heavy atom. The van der Waals surface area contributed by atoms with Gasteiger partial charge in [-0.05, 0) is 6.92 Å². The molecule has 2 heterocycles. The van der Waals surface area contributed by atoms with Crippen molar-refractivity contribution >= 4 is 11.5 Å². The quantitative estimate of drug-likeness (QED) is 0.902. The molecule has 20 heavy (non-hydrogen) atoms. The second-order valence-electron chi connectivity index (χ2n) is 4.82. The van der Waals surface area contributed by atoms with Crippen LogP contribution >= 0.6 is 0 Å². The van der Waals surface area contributed by atoms with Gasteiger partial charge in [-0.2, -0.15) is 0 Å². The predicted molar refractivity (Wildman–Crippen MR) is 79.6 cm³/mol. The molecule has 3 rings (SSSR count). The van der Waals surface area contributed by atoms with E-state index in [4.69, 9.17) is 10.5 Å². The number of aromatic nitrogens is 2. The lowest BCUT2D eigenvalue weighted by atomic mass is 10.1. The number of aryl methyl sites for hydroxylation is 1. The summed E-state index contributed by atoms with van der Waals surface area (Å²) in [6, 6.07) is 9.99. The van der Waals surface area contributed by atoms with Crippen LogP contribution in [0.1, 0.15) is 5.82 Å². The first-order valence-electron chi connectivity index (χ1n) is 6.78. The van der Waals surface area contributed by atoms with Crippen molar-refractivity contribution in [1.82, 2.24) is 9.97 Å². The van der Waals surface area contributed by atoms with E-state index in [0.717, 1.165) is 36.0 Å². The molecule has 1 aromatic heterocycles. The average Bonchev–Trinajstić information content (AvgIpc) is 2.51. The summed E-state index contributed by atoms with van der Waals surface area (Å²) >= 11 is 0. The maximum absolute atomic E-state index is 6.31. The Bertz CT molecular complexity index is 594. The molecule has 1 aromatic carbocycles. The Morgan fingerprint density at radius 2 is 1.80 bits per heavy atom. The van der Waals surface area contributed by atoms with Crippen molar-refractivity contribution in [2.24, 2.45) is 0 Å². The van der Waals surface area contributed by atoms with Gasteiger partial charge < -0.3 is 15.4 Å². The van der Waals surface area contributed by atoms with Crippen molar-refractivity contribution in [2.45, 2.75) is 6.92 Å². The third kappa shape index (κ3) is 2.44. The summed E-state index contributed by atoms with van der Waals surface area (Å²) in [6.45, 7) is 4.95. The van der Waals surface area contributed by atoms with Crippen LogP contribution in [-0.4, -0.2) is 36.3 Å². The highest BCUT2D eigenvalue weighted by Gasteiger charge is 2.19. The van der Waals surface area contributed by atoms with Crippen LogP contribution in [0.3, 0.4) is 0 Å². The highest BCUT2D eigenvalue weighted by Crippen LogP contribution is 2.31. The molecular formula is C15H18N4O. The molecule has 0 spiro atoms. The highest BCUT2D eigenvalue weighted by atomic mass is 16.5. The molecule has 1 fully saturated rings. The molecule has 0 saturated carbocycles. The van der Waals surface area contributed by atoms with E-state index in [1.807, 2.05) is 37.3 Å². The lowest BCUT2D eigenvalue weighted by Crippen LogP contribution is -2.37. The van der Waals surface area contributed by atoms with E-state index in [-0.39, 0.29) is 0 Å². The van der Waals surface area contributed by atoms with Crippen LogP contribution in [0.25, 0.3) is 11.3 Å². The Labute approximate surface area is 118 Å². The van der Waals surface area contributed by atoms with Crippen molar-refractivity contribution < 1.29 is 4.74 Å². The lowest BCUT2D eigenvalue weighted by molar-refractivity contribution is 0.122. The molecule has 1 saturated heterocycles. The molecule has 0 radical (unpaired) electrons. The van der Waals surface area contributed by atoms with Gasteiger partial charge in [0.25, 0.3) is 0 Å². The first-order valence-corrected chi connectivity index (χ1v) is 6.78. The molecular weight excluding hydrogens is 252 g/mol. The summed E-state index contributed by atoms with van der Waals surface area (Å²) in [5, 5.41) is 0. The van der Waals surface area contributed by atoms with E-state index >= 15 is 0 Å². The summed E-state index contributed by atoms with van der Waals surface area (Å²) in [6.07, 6.45) is 0. The van der Waals surface area contributed by atoms with Gasteiger partial charge in [-0.25, -0.2) is 9.97 Å². The number of nitrogens with two attached hydrogens (primary N) is 1. The van der Waals surface area contributed by atoms with Crippen molar-refractivity contribution in [3.8, 4) is 11.3 Å². The van der Waals surface area contributed by atoms with Crippen molar-refractivity contribution in [1.29, 1.82) is 0 Å². The molecule has 2 aromatic rings. The molecule has 0 bridgehead atoms. The van der Waals surface area contributed by atoms with Crippen LogP contribution in [0.4, 0.5) is 11.5 Å². The number of hydrogen-bond acceptors (Lipinski definition) is 5. The maximum atomic E-state index is 6.31. The molecule has 5 heteroatoms. The van der Waals surface area contributed by atoms with Crippen LogP contribution in [0.15, 0.2) is 30.3 Å². The number of morpholine rings is 1. The summed E-state index contributed by atoms with van der Waals surface area (Å²) in [4.78, 5) is 11.2. The third-order valence-electron chi connectivity index (χ3n) is 3.40. The molecule has 0 unspecified atom stereocenters. The van der Waals surface area contributed by atoms with Gasteiger partial charge in [0.1, 0.15) is 11.5 Å². The molecule has 0 amide bonds. The zero-order valence-corrected chi connectivity index (χ0v) is 11.5. The molecule has 2 N–H and O–H groups in total. The fourth-order valence-electron chi connectivity index (χ4n) is 2.40. The predicted octanol–water partition coefficient (Wildman–Crippen LogP) is 1.87. The first kappa shape index (κ1) is 12.9. The van der Waals surface area contributed by atoms with Crippen molar-refractivity contribution in [2.75, 3.05) is 36.9 Å². The standard InChI is InChI=1S/C15H18N4O/c1-11-17-14(12-5-3-2-4-6-12)13(16)15(18-11)19-7-9-20-10-8-19/h2-6H,7-10,16H2,1H3. The van der Waals surface area contributed by atoms with Gasteiger partial charge in [-0.15, -0.1) is 0 Å². The summed E-state index contributed by atoms with van der Waals surface area (Å²) in [5.41, 5.74) is 8.77. The van der Waals surface area contributed by atoms with Crippen LogP contribution < -0.4 is 10.6 Å². The Kier molecular flexibility index (Phi) is 3.52. The fourth-order valence-corrected chi connectivity index (χ4v) is 2.40.